The Morgan fingerprint density at radius 3 is 2.14 bits per heavy atom. The molecule has 0 amide bonds. The smallest absolute Gasteiger partial charge is 0.104 e. The molecular formula is C30H18N4S. The van der Waals surface area contributed by atoms with E-state index in [2.05, 4.69) is 111 Å². The highest BCUT2D eigenvalue weighted by atomic mass is 32.1. The molecule has 4 aromatic heterocycles. The van der Waals surface area contributed by atoms with E-state index >= 15 is 0 Å². The quantitative estimate of drug-likeness (QED) is 0.260. The molecule has 0 unspecified atom stereocenters. The van der Waals surface area contributed by atoms with Crippen molar-refractivity contribution in [3.63, 3.8) is 0 Å². The lowest BCUT2D eigenvalue weighted by Gasteiger charge is -2.11. The summed E-state index contributed by atoms with van der Waals surface area (Å²) >= 11 is 1.53. The Bertz CT molecular complexity index is 2020. The molecule has 0 fully saturated rings. The molecular weight excluding hydrogens is 448 g/mol. The van der Waals surface area contributed by atoms with Crippen LogP contribution in [0.1, 0.15) is 0 Å². The number of hydrogen-bond acceptors (Lipinski definition) is 3. The van der Waals surface area contributed by atoms with Gasteiger partial charge in [-0.2, -0.15) is 9.47 Å². The van der Waals surface area contributed by atoms with Crippen LogP contribution >= 0.6 is 11.5 Å². The van der Waals surface area contributed by atoms with Crippen LogP contribution in [-0.2, 0) is 0 Å². The first-order valence-corrected chi connectivity index (χ1v) is 12.4. The number of rotatable bonds is 2. The van der Waals surface area contributed by atoms with E-state index in [1.165, 1.54) is 55.2 Å². The van der Waals surface area contributed by atoms with Gasteiger partial charge in [0.2, 0.25) is 0 Å². The van der Waals surface area contributed by atoms with Crippen molar-refractivity contribution in [1.82, 2.24) is 18.6 Å². The highest BCUT2D eigenvalue weighted by Gasteiger charge is 2.14. The fourth-order valence-electron chi connectivity index (χ4n) is 5.43. The molecule has 0 saturated heterocycles. The average molecular weight is 467 g/mol. The first kappa shape index (κ1) is 18.9. The number of fused-ring (bicyclic) bond motifs is 9. The summed E-state index contributed by atoms with van der Waals surface area (Å²) in [4.78, 5) is 0. The second kappa shape index (κ2) is 7.01. The number of pyridine rings is 1. The second-order valence-electron chi connectivity index (χ2n) is 8.85. The summed E-state index contributed by atoms with van der Waals surface area (Å²) in [5.74, 6) is 0. The van der Waals surface area contributed by atoms with Crippen molar-refractivity contribution in [3.05, 3.63) is 109 Å². The van der Waals surface area contributed by atoms with E-state index in [1.54, 1.807) is 0 Å². The molecule has 0 atom stereocenters. The van der Waals surface area contributed by atoms with E-state index < -0.39 is 0 Å². The van der Waals surface area contributed by atoms with E-state index in [1.807, 2.05) is 16.9 Å². The van der Waals surface area contributed by atoms with E-state index in [0.717, 1.165) is 21.4 Å². The van der Waals surface area contributed by atoms with Gasteiger partial charge in [-0.25, -0.2) is 4.52 Å². The normalized spacial score (nSPS) is 12.0. The summed E-state index contributed by atoms with van der Waals surface area (Å²) in [6, 6.07) is 34.9. The lowest BCUT2D eigenvalue weighted by molar-refractivity contribution is 1.01. The molecule has 0 radical (unpaired) electrons. The third-order valence-electron chi connectivity index (χ3n) is 6.98. The van der Waals surface area contributed by atoms with Gasteiger partial charge in [-0.15, -0.1) is 0 Å². The van der Waals surface area contributed by atoms with Gasteiger partial charge in [0.25, 0.3) is 0 Å². The van der Waals surface area contributed by atoms with Crippen LogP contribution in [0.5, 0.6) is 0 Å². The third kappa shape index (κ3) is 2.61. The molecule has 0 aliphatic carbocycles. The van der Waals surface area contributed by atoms with Crippen LogP contribution in [0.3, 0.4) is 0 Å². The highest BCUT2D eigenvalue weighted by Crippen LogP contribution is 2.36. The van der Waals surface area contributed by atoms with Crippen molar-refractivity contribution in [2.45, 2.75) is 0 Å². The van der Waals surface area contributed by atoms with E-state index in [0.29, 0.717) is 0 Å². The van der Waals surface area contributed by atoms with E-state index in [-0.39, 0.29) is 0 Å². The Balaban J connectivity index is 1.37. The summed E-state index contributed by atoms with van der Waals surface area (Å²) in [5, 5.41) is 9.48. The van der Waals surface area contributed by atoms with Crippen LogP contribution in [0.15, 0.2) is 109 Å². The van der Waals surface area contributed by atoms with E-state index in [9.17, 15) is 0 Å². The second-order valence-corrected chi connectivity index (χ2v) is 9.65. The zero-order chi connectivity index (χ0) is 22.9. The standard InChI is InChI=1S/C30H18N4S/c1-3-10-26-22(8-1)23-9-2-4-11-27(23)33(26)21-7-5-6-19(16-21)20-12-13-24-25(17-20)30-29(18-32-35-30)34-28(24)14-15-31-34/h1-18H. The molecule has 35 heavy (non-hydrogen) atoms. The fraction of sp³-hybridized carbons (Fsp3) is 0. The van der Waals surface area contributed by atoms with Gasteiger partial charge in [-0.05, 0) is 59.1 Å². The fourth-order valence-corrected chi connectivity index (χ4v) is 6.19. The number of benzene rings is 4. The van der Waals surface area contributed by atoms with Crippen molar-refractivity contribution in [3.8, 4) is 16.8 Å². The minimum Gasteiger partial charge on any atom is -0.309 e. The monoisotopic (exact) mass is 466 g/mol. The molecule has 8 aromatic rings. The van der Waals surface area contributed by atoms with Crippen molar-refractivity contribution in [1.29, 1.82) is 0 Å². The molecule has 8 rings (SSSR count). The van der Waals surface area contributed by atoms with Crippen LogP contribution in [0.2, 0.25) is 0 Å². The van der Waals surface area contributed by atoms with Crippen LogP contribution in [0.4, 0.5) is 0 Å². The minimum absolute atomic E-state index is 1.05. The third-order valence-corrected chi connectivity index (χ3v) is 7.80. The predicted molar refractivity (Wildman–Crippen MR) is 146 cm³/mol. The van der Waals surface area contributed by atoms with Crippen molar-refractivity contribution in [2.24, 2.45) is 0 Å². The Kier molecular flexibility index (Phi) is 3.78. The SMILES string of the molecule is c1cc(-c2ccc3c(c2)c2sncc2n2nccc32)cc(-n2c3ccccc3c3ccccc32)c1. The zero-order valence-corrected chi connectivity index (χ0v) is 19.4. The summed E-state index contributed by atoms with van der Waals surface area (Å²) in [6.07, 6.45) is 3.77. The van der Waals surface area contributed by atoms with Crippen LogP contribution in [0.25, 0.3) is 65.1 Å². The topological polar surface area (TPSA) is 35.1 Å². The number of aromatic nitrogens is 4. The molecule has 0 spiro atoms. The van der Waals surface area contributed by atoms with Gasteiger partial charge >= 0.3 is 0 Å². The van der Waals surface area contributed by atoms with Crippen molar-refractivity contribution >= 4 is 59.8 Å². The number of hydrogen-bond donors (Lipinski definition) is 0. The molecule has 164 valence electrons. The Morgan fingerprint density at radius 2 is 1.31 bits per heavy atom. The highest BCUT2D eigenvalue weighted by molar-refractivity contribution is 7.14. The van der Waals surface area contributed by atoms with Crippen molar-refractivity contribution < 1.29 is 0 Å². The molecule has 4 heterocycles. The van der Waals surface area contributed by atoms with Gasteiger partial charge < -0.3 is 4.57 Å². The average Bonchev–Trinajstić information content (AvgIpc) is 3.66. The molecule has 4 aromatic carbocycles. The van der Waals surface area contributed by atoms with Gasteiger partial charge in [0.15, 0.2) is 0 Å². The molecule has 4 nitrogen and oxygen atoms in total. The number of nitrogens with zero attached hydrogens (tertiary/aromatic N) is 4. The Hall–Kier alpha value is -4.48. The van der Waals surface area contributed by atoms with Gasteiger partial charge in [0.05, 0.1) is 33.6 Å². The maximum Gasteiger partial charge on any atom is 0.104 e. The number of para-hydroxylation sites is 2. The largest absolute Gasteiger partial charge is 0.309 e. The molecule has 0 saturated carbocycles. The van der Waals surface area contributed by atoms with Gasteiger partial charge in [0.1, 0.15) is 5.52 Å². The first-order chi connectivity index (χ1) is 17.4. The van der Waals surface area contributed by atoms with Crippen molar-refractivity contribution in [2.75, 3.05) is 0 Å². The van der Waals surface area contributed by atoms with Crippen LogP contribution < -0.4 is 0 Å². The molecule has 0 aliphatic rings. The van der Waals surface area contributed by atoms with Gasteiger partial charge in [0, 0.05) is 27.2 Å². The molecule has 0 aliphatic heterocycles. The van der Waals surface area contributed by atoms with Gasteiger partial charge in [-0.1, -0.05) is 60.7 Å². The molecule has 0 N–H and O–H groups in total. The lowest BCUT2D eigenvalue weighted by Crippen LogP contribution is -1.94. The Morgan fingerprint density at radius 1 is 0.571 bits per heavy atom. The summed E-state index contributed by atoms with van der Waals surface area (Å²) in [6.45, 7) is 0. The maximum atomic E-state index is 4.52. The summed E-state index contributed by atoms with van der Waals surface area (Å²) < 4.78 is 9.99. The summed E-state index contributed by atoms with van der Waals surface area (Å²) in [5.41, 5.74) is 8.15. The predicted octanol–water partition coefficient (Wildman–Crippen LogP) is 7.86. The summed E-state index contributed by atoms with van der Waals surface area (Å²) in [7, 11) is 0. The van der Waals surface area contributed by atoms with Crippen LogP contribution in [0, 0.1) is 0 Å². The van der Waals surface area contributed by atoms with E-state index in [4.69, 9.17) is 0 Å². The zero-order valence-electron chi connectivity index (χ0n) is 18.6. The molecule has 5 heteroatoms. The Labute approximate surface area is 204 Å². The molecule has 0 bridgehead atoms. The van der Waals surface area contributed by atoms with Crippen LogP contribution in [-0.4, -0.2) is 18.6 Å². The minimum atomic E-state index is 1.05. The maximum absolute atomic E-state index is 4.52. The lowest BCUT2D eigenvalue weighted by atomic mass is 10.0. The first-order valence-electron chi connectivity index (χ1n) is 11.6. The van der Waals surface area contributed by atoms with Gasteiger partial charge in [-0.3, -0.25) is 0 Å².